The second-order valence-corrected chi connectivity index (χ2v) is 8.56. The van der Waals surface area contributed by atoms with E-state index in [2.05, 4.69) is 35.6 Å². The molecule has 3 rings (SSSR count). The Morgan fingerprint density at radius 2 is 1.48 bits per heavy atom. The molecule has 0 bridgehead atoms. The topological polar surface area (TPSA) is 49.4 Å². The van der Waals surface area contributed by atoms with E-state index in [0.29, 0.717) is 19.5 Å². The van der Waals surface area contributed by atoms with Gasteiger partial charge in [0, 0.05) is 25.4 Å². The van der Waals surface area contributed by atoms with Crippen molar-refractivity contribution in [2.75, 3.05) is 6.54 Å². The molecule has 3 aromatic rings. The quantitative estimate of drug-likeness (QED) is 0.453. The largest absolute Gasteiger partial charge is 0.354 e. The van der Waals surface area contributed by atoms with Gasteiger partial charge in [0.1, 0.15) is 6.04 Å². The van der Waals surface area contributed by atoms with Crippen molar-refractivity contribution in [2.45, 2.75) is 52.1 Å². The SMILES string of the molecule is CCCNC(=O)[C@H](C)N(Cc1cccc(C)c1)C(=O)CC(c1ccccc1)c1ccccc1. The Hall–Kier alpha value is -3.40. The van der Waals surface area contributed by atoms with Gasteiger partial charge in [-0.05, 0) is 37.0 Å². The van der Waals surface area contributed by atoms with Gasteiger partial charge in [-0.1, -0.05) is 97.4 Å². The van der Waals surface area contributed by atoms with Crippen LogP contribution in [0.4, 0.5) is 0 Å². The van der Waals surface area contributed by atoms with E-state index in [0.717, 1.165) is 28.7 Å². The zero-order valence-corrected chi connectivity index (χ0v) is 19.8. The van der Waals surface area contributed by atoms with Crippen LogP contribution < -0.4 is 5.32 Å². The Balaban J connectivity index is 1.90. The van der Waals surface area contributed by atoms with E-state index in [1.807, 2.05) is 75.4 Å². The van der Waals surface area contributed by atoms with Crippen molar-refractivity contribution >= 4 is 11.8 Å². The molecule has 0 heterocycles. The molecule has 0 fully saturated rings. The van der Waals surface area contributed by atoms with Gasteiger partial charge in [0.25, 0.3) is 0 Å². The van der Waals surface area contributed by atoms with Gasteiger partial charge < -0.3 is 10.2 Å². The Morgan fingerprint density at radius 3 is 2.03 bits per heavy atom. The highest BCUT2D eigenvalue weighted by Gasteiger charge is 2.28. The number of nitrogens with zero attached hydrogens (tertiary/aromatic N) is 1. The first-order valence-corrected chi connectivity index (χ1v) is 11.7. The van der Waals surface area contributed by atoms with Crippen molar-refractivity contribution in [1.82, 2.24) is 10.2 Å². The minimum atomic E-state index is -0.559. The molecule has 0 aliphatic rings. The molecule has 0 saturated heterocycles. The Bertz CT molecular complexity index is 994. The number of hydrogen-bond donors (Lipinski definition) is 1. The number of benzene rings is 3. The van der Waals surface area contributed by atoms with E-state index in [4.69, 9.17) is 0 Å². The predicted octanol–water partition coefficient (Wildman–Crippen LogP) is 5.46. The highest BCUT2D eigenvalue weighted by Crippen LogP contribution is 2.29. The normalized spacial score (nSPS) is 11.8. The summed E-state index contributed by atoms with van der Waals surface area (Å²) in [7, 11) is 0. The molecule has 0 spiro atoms. The zero-order chi connectivity index (χ0) is 23.6. The second kappa shape index (κ2) is 12.0. The first kappa shape index (κ1) is 24.2. The van der Waals surface area contributed by atoms with Crippen molar-refractivity contribution in [3.05, 3.63) is 107 Å². The minimum absolute atomic E-state index is 0.0339. The lowest BCUT2D eigenvalue weighted by atomic mass is 9.88. The van der Waals surface area contributed by atoms with E-state index in [1.165, 1.54) is 0 Å². The number of rotatable bonds is 10. The summed E-state index contributed by atoms with van der Waals surface area (Å²) in [5.74, 6) is -0.229. The van der Waals surface area contributed by atoms with Gasteiger partial charge in [0.15, 0.2) is 0 Å². The fraction of sp³-hybridized carbons (Fsp3) is 0.310. The molecule has 2 amide bonds. The molecule has 4 nitrogen and oxygen atoms in total. The lowest BCUT2D eigenvalue weighted by molar-refractivity contribution is -0.140. The van der Waals surface area contributed by atoms with Crippen molar-refractivity contribution in [2.24, 2.45) is 0 Å². The predicted molar refractivity (Wildman–Crippen MR) is 134 cm³/mol. The molecule has 1 atom stereocenters. The first-order chi connectivity index (χ1) is 16.0. The smallest absolute Gasteiger partial charge is 0.242 e. The molecule has 172 valence electrons. The second-order valence-electron chi connectivity index (χ2n) is 8.56. The van der Waals surface area contributed by atoms with Gasteiger partial charge >= 0.3 is 0 Å². The van der Waals surface area contributed by atoms with Gasteiger partial charge in [-0.2, -0.15) is 0 Å². The van der Waals surface area contributed by atoms with Crippen molar-refractivity contribution in [1.29, 1.82) is 0 Å². The fourth-order valence-corrected chi connectivity index (χ4v) is 4.08. The molecule has 0 aliphatic carbocycles. The fourth-order valence-electron chi connectivity index (χ4n) is 4.08. The van der Waals surface area contributed by atoms with Crippen LogP contribution in [-0.2, 0) is 16.1 Å². The number of nitrogens with one attached hydrogen (secondary N) is 1. The third-order valence-electron chi connectivity index (χ3n) is 5.93. The number of carbonyl (C=O) groups is 2. The summed E-state index contributed by atoms with van der Waals surface area (Å²) in [6.07, 6.45) is 1.15. The van der Waals surface area contributed by atoms with Crippen molar-refractivity contribution in [3.8, 4) is 0 Å². The lowest BCUT2D eigenvalue weighted by Gasteiger charge is -2.30. The van der Waals surface area contributed by atoms with Crippen molar-refractivity contribution < 1.29 is 9.59 Å². The van der Waals surface area contributed by atoms with Gasteiger partial charge in [-0.25, -0.2) is 0 Å². The monoisotopic (exact) mass is 442 g/mol. The molecule has 0 saturated carbocycles. The first-order valence-electron chi connectivity index (χ1n) is 11.7. The summed E-state index contributed by atoms with van der Waals surface area (Å²) < 4.78 is 0. The van der Waals surface area contributed by atoms with Crippen LogP contribution >= 0.6 is 0 Å². The molecule has 4 heteroatoms. The van der Waals surface area contributed by atoms with E-state index < -0.39 is 6.04 Å². The summed E-state index contributed by atoms with van der Waals surface area (Å²) in [6.45, 7) is 6.88. The van der Waals surface area contributed by atoms with Crippen LogP contribution in [0.25, 0.3) is 0 Å². The third kappa shape index (κ3) is 6.79. The molecule has 3 aromatic carbocycles. The Labute approximate surface area is 197 Å². The zero-order valence-electron chi connectivity index (χ0n) is 19.8. The molecule has 1 N–H and O–H groups in total. The van der Waals surface area contributed by atoms with Gasteiger partial charge in [-0.3, -0.25) is 9.59 Å². The summed E-state index contributed by atoms with van der Waals surface area (Å²) in [5, 5.41) is 2.95. The van der Waals surface area contributed by atoms with E-state index in [-0.39, 0.29) is 17.7 Å². The number of aryl methyl sites for hydroxylation is 1. The van der Waals surface area contributed by atoms with E-state index in [1.54, 1.807) is 4.90 Å². The average molecular weight is 443 g/mol. The van der Waals surface area contributed by atoms with Crippen LogP contribution in [0, 0.1) is 6.92 Å². The van der Waals surface area contributed by atoms with Gasteiger partial charge in [-0.15, -0.1) is 0 Å². The van der Waals surface area contributed by atoms with Crippen LogP contribution in [0.2, 0.25) is 0 Å². The molecule has 0 unspecified atom stereocenters. The van der Waals surface area contributed by atoms with Crippen LogP contribution in [0.5, 0.6) is 0 Å². The van der Waals surface area contributed by atoms with Crippen LogP contribution in [-0.4, -0.2) is 29.3 Å². The molecular formula is C29H34N2O2. The maximum absolute atomic E-state index is 13.8. The summed E-state index contributed by atoms with van der Waals surface area (Å²) in [4.78, 5) is 28.3. The van der Waals surface area contributed by atoms with E-state index >= 15 is 0 Å². The lowest BCUT2D eigenvalue weighted by Crippen LogP contribution is -2.48. The molecule has 33 heavy (non-hydrogen) atoms. The maximum atomic E-state index is 13.8. The summed E-state index contributed by atoms with van der Waals surface area (Å²) in [5.41, 5.74) is 4.34. The highest BCUT2D eigenvalue weighted by molar-refractivity contribution is 5.87. The van der Waals surface area contributed by atoms with Crippen LogP contribution in [0.1, 0.15) is 54.9 Å². The molecular weight excluding hydrogens is 408 g/mol. The number of amides is 2. The maximum Gasteiger partial charge on any atom is 0.242 e. The number of hydrogen-bond acceptors (Lipinski definition) is 2. The minimum Gasteiger partial charge on any atom is -0.354 e. The Kier molecular flexibility index (Phi) is 8.82. The van der Waals surface area contributed by atoms with Crippen LogP contribution in [0.15, 0.2) is 84.9 Å². The molecule has 0 radical (unpaired) electrons. The number of carbonyl (C=O) groups excluding carboxylic acids is 2. The third-order valence-corrected chi connectivity index (χ3v) is 5.93. The van der Waals surface area contributed by atoms with E-state index in [9.17, 15) is 9.59 Å². The van der Waals surface area contributed by atoms with Gasteiger partial charge in [0.2, 0.25) is 11.8 Å². The molecule has 0 aliphatic heterocycles. The Morgan fingerprint density at radius 1 is 0.879 bits per heavy atom. The van der Waals surface area contributed by atoms with Crippen LogP contribution in [0.3, 0.4) is 0 Å². The molecule has 0 aromatic heterocycles. The summed E-state index contributed by atoms with van der Waals surface area (Å²) >= 11 is 0. The highest BCUT2D eigenvalue weighted by atomic mass is 16.2. The van der Waals surface area contributed by atoms with Crippen molar-refractivity contribution in [3.63, 3.8) is 0 Å². The summed E-state index contributed by atoms with van der Waals surface area (Å²) in [6, 6.07) is 27.8. The average Bonchev–Trinajstić information content (AvgIpc) is 2.85. The standard InChI is InChI=1S/C29H34N2O2/c1-4-18-30-29(33)23(3)31(21-24-13-11-12-22(2)19-24)28(32)20-27(25-14-7-5-8-15-25)26-16-9-6-10-17-26/h5-17,19,23,27H,4,18,20-21H2,1-3H3,(H,30,33)/t23-/m0/s1. The van der Waals surface area contributed by atoms with Gasteiger partial charge in [0.05, 0.1) is 0 Å².